The van der Waals surface area contributed by atoms with Crippen molar-refractivity contribution in [2.75, 3.05) is 0 Å². The van der Waals surface area contributed by atoms with Crippen molar-refractivity contribution in [2.45, 2.75) is 18.3 Å². The van der Waals surface area contributed by atoms with Gasteiger partial charge in [-0.05, 0) is 59.4 Å². The van der Waals surface area contributed by atoms with Crippen LogP contribution in [0.4, 0.5) is 0 Å². The summed E-state index contributed by atoms with van der Waals surface area (Å²) in [4.78, 5) is 9.60. The number of nitrogens with zero attached hydrogens (tertiary/aromatic N) is 2. The van der Waals surface area contributed by atoms with Crippen molar-refractivity contribution in [1.82, 2.24) is 9.97 Å². The normalized spacial score (nSPS) is 17.3. The van der Waals surface area contributed by atoms with E-state index in [0.717, 1.165) is 24.2 Å². The lowest BCUT2D eigenvalue weighted by Crippen LogP contribution is -2.32. The predicted octanol–water partition coefficient (Wildman–Crippen LogP) is 4.93. The van der Waals surface area contributed by atoms with E-state index in [2.05, 4.69) is 60.7 Å². The Morgan fingerprint density at radius 3 is 2.12 bits per heavy atom. The minimum absolute atomic E-state index is 0.390. The van der Waals surface area contributed by atoms with Crippen molar-refractivity contribution in [3.05, 3.63) is 113 Å². The van der Waals surface area contributed by atoms with Crippen LogP contribution in [0.2, 0.25) is 0 Å². The summed E-state index contributed by atoms with van der Waals surface area (Å²) in [6.07, 6.45) is 10.4. The molecule has 5 rings (SSSR count). The monoisotopic (exact) mass is 322 g/mol. The van der Waals surface area contributed by atoms with E-state index in [9.17, 15) is 0 Å². The molecule has 0 aliphatic heterocycles. The molecule has 0 fully saturated rings. The summed E-state index contributed by atoms with van der Waals surface area (Å²) in [7, 11) is 0. The highest BCUT2D eigenvalue weighted by molar-refractivity contribution is 5.90. The number of aromatic nitrogens is 2. The average Bonchev–Trinajstić information content (AvgIpc) is 3.01. The smallest absolute Gasteiger partial charge is 0.102 e. The summed E-state index contributed by atoms with van der Waals surface area (Å²) in [6.45, 7) is 0. The molecule has 3 aromatic rings. The summed E-state index contributed by atoms with van der Waals surface area (Å²) in [5.41, 5.74) is 7.10. The second-order valence-electron chi connectivity index (χ2n) is 6.56. The zero-order valence-electron chi connectivity index (χ0n) is 13.9. The molecular weight excluding hydrogens is 304 g/mol. The number of hydrogen-bond donors (Lipinski definition) is 0. The van der Waals surface area contributed by atoms with Crippen LogP contribution < -0.4 is 0 Å². The molecule has 2 heteroatoms. The summed E-state index contributed by atoms with van der Waals surface area (Å²) in [5.74, 6) is 0. The molecule has 2 nitrogen and oxygen atoms in total. The van der Waals surface area contributed by atoms with Crippen LogP contribution in [0.1, 0.15) is 35.4 Å². The van der Waals surface area contributed by atoms with Gasteiger partial charge in [0.25, 0.3) is 0 Å². The Morgan fingerprint density at radius 2 is 1.44 bits per heavy atom. The summed E-state index contributed by atoms with van der Waals surface area (Å²) in [6, 6.07) is 21.1. The van der Waals surface area contributed by atoms with Gasteiger partial charge in [-0.15, -0.1) is 0 Å². The first-order valence-electron chi connectivity index (χ1n) is 8.75. The van der Waals surface area contributed by atoms with Gasteiger partial charge in [-0.25, -0.2) is 0 Å². The minimum atomic E-state index is -0.390. The number of pyridine rings is 2. The molecule has 0 bridgehead atoms. The Labute approximate surface area is 147 Å². The number of allylic oxidation sites excluding steroid dienone is 4. The van der Waals surface area contributed by atoms with Crippen LogP contribution >= 0.6 is 0 Å². The van der Waals surface area contributed by atoms with Crippen LogP contribution in [0.25, 0.3) is 5.57 Å². The Hall–Kier alpha value is -3.00. The predicted molar refractivity (Wildman–Crippen MR) is 100 cm³/mol. The maximum absolute atomic E-state index is 4.80. The Bertz CT molecular complexity index is 945. The lowest BCUT2D eigenvalue weighted by atomic mass is 9.69. The van der Waals surface area contributed by atoms with Gasteiger partial charge >= 0.3 is 0 Å². The molecule has 25 heavy (non-hydrogen) atoms. The molecule has 0 radical (unpaired) electrons. The zero-order valence-corrected chi connectivity index (χ0v) is 13.9. The van der Waals surface area contributed by atoms with Gasteiger partial charge in [0.2, 0.25) is 0 Å². The maximum Gasteiger partial charge on any atom is 0.102 e. The van der Waals surface area contributed by atoms with Crippen LogP contribution in [0.5, 0.6) is 0 Å². The second kappa shape index (κ2) is 5.52. The van der Waals surface area contributed by atoms with Gasteiger partial charge < -0.3 is 0 Å². The third-order valence-electron chi connectivity index (χ3n) is 5.34. The average molecular weight is 322 g/mol. The first-order valence-corrected chi connectivity index (χ1v) is 8.75. The summed E-state index contributed by atoms with van der Waals surface area (Å²) >= 11 is 0. The maximum atomic E-state index is 4.80. The Kier molecular flexibility index (Phi) is 3.17. The van der Waals surface area contributed by atoms with Gasteiger partial charge in [-0.2, -0.15) is 0 Å². The van der Waals surface area contributed by atoms with Crippen LogP contribution in [0.3, 0.4) is 0 Å². The third kappa shape index (κ3) is 1.91. The molecular formula is C23H18N2. The van der Waals surface area contributed by atoms with Gasteiger partial charge in [0.15, 0.2) is 0 Å². The molecule has 0 saturated heterocycles. The largest absolute Gasteiger partial charge is 0.260 e. The van der Waals surface area contributed by atoms with E-state index in [4.69, 9.17) is 9.97 Å². The molecule has 0 spiro atoms. The van der Waals surface area contributed by atoms with Gasteiger partial charge in [0.05, 0.1) is 11.4 Å². The van der Waals surface area contributed by atoms with Crippen molar-refractivity contribution >= 4 is 5.57 Å². The highest BCUT2D eigenvalue weighted by Gasteiger charge is 2.49. The van der Waals surface area contributed by atoms with E-state index in [-0.39, 0.29) is 5.41 Å². The standard InChI is InChI=1S/C23H18N2/c1-3-11-19-17(9-1)18-10-2-4-12-20(18)23(19,21-13-5-7-15-24-21)22-14-6-8-16-25-22/h1-3,5-11,13-16H,4,12H2. The number of fused-ring (bicyclic) bond motifs is 2. The molecule has 0 amide bonds. The van der Waals surface area contributed by atoms with Crippen LogP contribution in [0, 0.1) is 0 Å². The first-order chi connectivity index (χ1) is 12.4. The Balaban J connectivity index is 1.94. The van der Waals surface area contributed by atoms with Gasteiger partial charge in [-0.3, -0.25) is 9.97 Å². The lowest BCUT2D eigenvalue weighted by molar-refractivity contribution is 0.652. The molecule has 0 atom stereocenters. The second-order valence-corrected chi connectivity index (χ2v) is 6.56. The topological polar surface area (TPSA) is 25.8 Å². The van der Waals surface area contributed by atoms with E-state index in [0.29, 0.717) is 0 Å². The van der Waals surface area contributed by atoms with E-state index in [1.54, 1.807) is 0 Å². The molecule has 0 N–H and O–H groups in total. The SMILES string of the molecule is C1=CC2=C(CC1)C(c1ccccn1)(c1ccccn1)c1ccccc12. The quantitative estimate of drug-likeness (QED) is 0.668. The van der Waals surface area contributed by atoms with Crippen LogP contribution in [-0.2, 0) is 5.41 Å². The van der Waals surface area contributed by atoms with E-state index in [1.807, 2.05) is 24.5 Å². The fourth-order valence-electron chi connectivity index (χ4n) is 4.40. The fourth-order valence-corrected chi connectivity index (χ4v) is 4.40. The molecule has 2 aliphatic rings. The lowest BCUT2D eigenvalue weighted by Gasteiger charge is -2.34. The van der Waals surface area contributed by atoms with E-state index in [1.165, 1.54) is 22.3 Å². The minimum Gasteiger partial charge on any atom is -0.260 e. The highest BCUT2D eigenvalue weighted by atomic mass is 14.8. The number of hydrogen-bond acceptors (Lipinski definition) is 2. The Morgan fingerprint density at radius 1 is 0.760 bits per heavy atom. The van der Waals surface area contributed by atoms with Crippen LogP contribution in [0.15, 0.2) is 90.8 Å². The third-order valence-corrected chi connectivity index (χ3v) is 5.34. The molecule has 0 saturated carbocycles. The summed E-state index contributed by atoms with van der Waals surface area (Å²) < 4.78 is 0. The van der Waals surface area contributed by atoms with Gasteiger partial charge in [-0.1, -0.05) is 48.6 Å². The molecule has 0 unspecified atom stereocenters. The molecule has 2 aliphatic carbocycles. The first kappa shape index (κ1) is 14.4. The van der Waals surface area contributed by atoms with E-state index < -0.39 is 0 Å². The zero-order chi connectivity index (χ0) is 16.7. The number of rotatable bonds is 2. The van der Waals surface area contributed by atoms with Crippen molar-refractivity contribution in [1.29, 1.82) is 0 Å². The molecule has 2 aromatic heterocycles. The fraction of sp³-hybridized carbons (Fsp3) is 0.130. The van der Waals surface area contributed by atoms with Gasteiger partial charge in [0, 0.05) is 12.4 Å². The number of benzene rings is 1. The van der Waals surface area contributed by atoms with Crippen molar-refractivity contribution in [3.8, 4) is 0 Å². The van der Waals surface area contributed by atoms with E-state index >= 15 is 0 Å². The molecule has 1 aromatic carbocycles. The van der Waals surface area contributed by atoms with Crippen LogP contribution in [-0.4, -0.2) is 9.97 Å². The molecule has 120 valence electrons. The molecule has 2 heterocycles. The highest BCUT2D eigenvalue weighted by Crippen LogP contribution is 2.55. The van der Waals surface area contributed by atoms with Crippen molar-refractivity contribution in [2.24, 2.45) is 0 Å². The van der Waals surface area contributed by atoms with Gasteiger partial charge in [0.1, 0.15) is 5.41 Å². The summed E-state index contributed by atoms with van der Waals surface area (Å²) in [5, 5.41) is 0. The van der Waals surface area contributed by atoms with Crippen molar-refractivity contribution < 1.29 is 0 Å². The van der Waals surface area contributed by atoms with Crippen molar-refractivity contribution in [3.63, 3.8) is 0 Å².